The minimum Gasteiger partial charge on any atom is -0.314 e. The zero-order valence-electron chi connectivity index (χ0n) is 10.9. The third-order valence-electron chi connectivity index (χ3n) is 2.00. The van der Waals surface area contributed by atoms with E-state index >= 15 is 0 Å². The highest BCUT2D eigenvalue weighted by Crippen LogP contribution is 1.97. The van der Waals surface area contributed by atoms with Crippen LogP contribution in [0.4, 0.5) is 0 Å². The average molecular weight is 251 g/mol. The van der Waals surface area contributed by atoms with Crippen LogP contribution in [0, 0.1) is 0 Å². The summed E-state index contributed by atoms with van der Waals surface area (Å²) in [6.45, 7) is 9.12. The molecule has 0 saturated carbocycles. The first kappa shape index (κ1) is 15.8. The lowest BCUT2D eigenvalue weighted by atomic mass is 10.3. The van der Waals surface area contributed by atoms with E-state index in [4.69, 9.17) is 0 Å². The molecule has 0 radical (unpaired) electrons. The quantitative estimate of drug-likeness (QED) is 0.619. The topological polar surface area (TPSA) is 61.4 Å². The van der Waals surface area contributed by atoms with E-state index in [1.165, 1.54) is 4.31 Å². The maximum Gasteiger partial charge on any atom is 0.279 e. The van der Waals surface area contributed by atoms with Crippen molar-refractivity contribution < 1.29 is 8.42 Å². The summed E-state index contributed by atoms with van der Waals surface area (Å²) < 4.78 is 27.2. The lowest BCUT2D eigenvalue weighted by Crippen LogP contribution is -2.42. The molecule has 0 aliphatic carbocycles. The Labute approximate surface area is 99.8 Å². The van der Waals surface area contributed by atoms with E-state index in [-0.39, 0.29) is 6.04 Å². The van der Waals surface area contributed by atoms with Crippen molar-refractivity contribution >= 4 is 10.2 Å². The van der Waals surface area contributed by atoms with Crippen LogP contribution in [0.15, 0.2) is 0 Å². The van der Waals surface area contributed by atoms with Crippen LogP contribution in [0.5, 0.6) is 0 Å². The predicted octanol–water partition coefficient (Wildman–Crippen LogP) is 0.549. The van der Waals surface area contributed by atoms with Gasteiger partial charge in [0.25, 0.3) is 10.2 Å². The van der Waals surface area contributed by atoms with Gasteiger partial charge in [0, 0.05) is 25.7 Å². The van der Waals surface area contributed by atoms with Crippen LogP contribution in [0.3, 0.4) is 0 Å². The molecule has 0 aromatic carbocycles. The van der Waals surface area contributed by atoms with Crippen LogP contribution in [0.25, 0.3) is 0 Å². The van der Waals surface area contributed by atoms with Crippen LogP contribution < -0.4 is 10.0 Å². The highest BCUT2D eigenvalue weighted by molar-refractivity contribution is 7.87. The molecule has 0 aliphatic heterocycles. The maximum absolute atomic E-state index is 11.7. The molecule has 98 valence electrons. The Morgan fingerprint density at radius 2 is 1.69 bits per heavy atom. The first-order valence-corrected chi connectivity index (χ1v) is 7.16. The fraction of sp³-hybridized carbons (Fsp3) is 1.00. The first-order valence-electron chi connectivity index (χ1n) is 5.72. The molecule has 2 N–H and O–H groups in total. The molecule has 0 spiro atoms. The fourth-order valence-electron chi connectivity index (χ4n) is 1.20. The van der Waals surface area contributed by atoms with Crippen molar-refractivity contribution in [3.63, 3.8) is 0 Å². The highest BCUT2D eigenvalue weighted by atomic mass is 32.2. The van der Waals surface area contributed by atoms with E-state index in [1.54, 1.807) is 7.05 Å². The standard InChI is InChI=1S/C10H25N3O2S/c1-9(2)11-7-6-8-13(5)16(14,15)12-10(3)4/h9-12H,6-8H2,1-5H3. The summed E-state index contributed by atoms with van der Waals surface area (Å²) in [7, 11) is -1.71. The van der Waals surface area contributed by atoms with E-state index < -0.39 is 10.2 Å². The van der Waals surface area contributed by atoms with Crippen molar-refractivity contribution in [2.75, 3.05) is 20.1 Å². The SMILES string of the molecule is CC(C)NCCCN(C)S(=O)(=O)NC(C)C. The van der Waals surface area contributed by atoms with E-state index in [0.717, 1.165) is 13.0 Å². The zero-order chi connectivity index (χ0) is 12.8. The smallest absolute Gasteiger partial charge is 0.279 e. The number of hydrogen-bond donors (Lipinski definition) is 2. The summed E-state index contributed by atoms with van der Waals surface area (Å²) >= 11 is 0. The number of nitrogens with zero attached hydrogens (tertiary/aromatic N) is 1. The molecule has 0 aliphatic rings. The molecule has 0 aromatic rings. The summed E-state index contributed by atoms with van der Waals surface area (Å²) in [6, 6.07) is 0.372. The molecule has 6 heteroatoms. The Morgan fingerprint density at radius 1 is 1.12 bits per heavy atom. The first-order chi connectivity index (χ1) is 7.25. The zero-order valence-corrected chi connectivity index (χ0v) is 11.8. The summed E-state index contributed by atoms with van der Waals surface area (Å²) in [5, 5.41) is 3.25. The van der Waals surface area contributed by atoms with Gasteiger partial charge in [-0.05, 0) is 26.8 Å². The molecular weight excluding hydrogens is 226 g/mol. The molecule has 0 atom stereocenters. The van der Waals surface area contributed by atoms with Crippen molar-refractivity contribution in [1.29, 1.82) is 0 Å². The molecule has 0 bridgehead atoms. The van der Waals surface area contributed by atoms with Gasteiger partial charge < -0.3 is 5.32 Å². The van der Waals surface area contributed by atoms with Crippen LogP contribution in [-0.4, -0.2) is 44.9 Å². The van der Waals surface area contributed by atoms with Gasteiger partial charge in [0.05, 0.1) is 0 Å². The van der Waals surface area contributed by atoms with Crippen LogP contribution in [-0.2, 0) is 10.2 Å². The normalized spacial score (nSPS) is 13.0. The van der Waals surface area contributed by atoms with E-state index in [9.17, 15) is 8.42 Å². The van der Waals surface area contributed by atoms with Crippen LogP contribution in [0.2, 0.25) is 0 Å². The third kappa shape index (κ3) is 7.16. The second-order valence-corrected chi connectivity index (χ2v) is 6.37. The fourth-order valence-corrected chi connectivity index (χ4v) is 2.35. The molecule has 0 rings (SSSR count). The van der Waals surface area contributed by atoms with Crippen molar-refractivity contribution in [1.82, 2.24) is 14.3 Å². The molecule has 0 aromatic heterocycles. The van der Waals surface area contributed by atoms with Gasteiger partial charge in [-0.2, -0.15) is 17.4 Å². The van der Waals surface area contributed by atoms with Crippen molar-refractivity contribution in [3.05, 3.63) is 0 Å². The molecule has 0 saturated heterocycles. The minimum absolute atomic E-state index is 0.0683. The lowest BCUT2D eigenvalue weighted by Gasteiger charge is -2.19. The van der Waals surface area contributed by atoms with E-state index in [0.29, 0.717) is 12.6 Å². The third-order valence-corrected chi connectivity index (χ3v) is 3.77. The van der Waals surface area contributed by atoms with Gasteiger partial charge in [0.1, 0.15) is 0 Å². The van der Waals surface area contributed by atoms with Gasteiger partial charge >= 0.3 is 0 Å². The van der Waals surface area contributed by atoms with Crippen molar-refractivity contribution in [2.24, 2.45) is 0 Å². The van der Waals surface area contributed by atoms with Gasteiger partial charge in [0.2, 0.25) is 0 Å². The molecule has 0 amide bonds. The van der Waals surface area contributed by atoms with Crippen molar-refractivity contribution in [3.8, 4) is 0 Å². The molecule has 0 unspecified atom stereocenters. The van der Waals surface area contributed by atoms with E-state index in [1.807, 2.05) is 13.8 Å². The summed E-state index contributed by atoms with van der Waals surface area (Å²) in [5.74, 6) is 0. The minimum atomic E-state index is -3.30. The molecule has 5 nitrogen and oxygen atoms in total. The molecule has 0 fully saturated rings. The van der Waals surface area contributed by atoms with E-state index in [2.05, 4.69) is 23.9 Å². The Morgan fingerprint density at radius 3 is 2.12 bits per heavy atom. The molecule has 16 heavy (non-hydrogen) atoms. The average Bonchev–Trinajstić information content (AvgIpc) is 2.09. The monoisotopic (exact) mass is 251 g/mol. The molecule has 0 heterocycles. The van der Waals surface area contributed by atoms with Gasteiger partial charge in [-0.1, -0.05) is 13.8 Å². The highest BCUT2D eigenvalue weighted by Gasteiger charge is 2.17. The number of nitrogens with one attached hydrogen (secondary N) is 2. The van der Waals surface area contributed by atoms with Gasteiger partial charge in [-0.15, -0.1) is 0 Å². The lowest BCUT2D eigenvalue weighted by molar-refractivity contribution is 0.435. The predicted molar refractivity (Wildman–Crippen MR) is 67.6 cm³/mol. The summed E-state index contributed by atoms with van der Waals surface area (Å²) in [6.07, 6.45) is 0.813. The number of rotatable bonds is 8. The Balaban J connectivity index is 3.92. The maximum atomic E-state index is 11.7. The Hall–Kier alpha value is -0.170. The molecular formula is C10H25N3O2S. The van der Waals surface area contributed by atoms with Gasteiger partial charge in [-0.25, -0.2) is 0 Å². The van der Waals surface area contributed by atoms with Gasteiger partial charge in [-0.3, -0.25) is 0 Å². The Kier molecular flexibility index (Phi) is 7.14. The van der Waals surface area contributed by atoms with Crippen LogP contribution in [0.1, 0.15) is 34.1 Å². The second-order valence-electron chi connectivity index (χ2n) is 4.56. The van der Waals surface area contributed by atoms with Gasteiger partial charge in [0.15, 0.2) is 0 Å². The number of hydrogen-bond acceptors (Lipinski definition) is 3. The summed E-state index contributed by atoms with van der Waals surface area (Å²) in [5.41, 5.74) is 0. The van der Waals surface area contributed by atoms with Crippen molar-refractivity contribution in [2.45, 2.75) is 46.2 Å². The largest absolute Gasteiger partial charge is 0.314 e. The second kappa shape index (κ2) is 7.21. The Bertz CT molecular complexity index is 276. The van der Waals surface area contributed by atoms with Crippen LogP contribution >= 0.6 is 0 Å². The summed E-state index contributed by atoms with van der Waals surface area (Å²) in [4.78, 5) is 0.